The largest absolute Gasteiger partial charge is 0.324 e. The summed E-state index contributed by atoms with van der Waals surface area (Å²) < 4.78 is 1.51. The van der Waals surface area contributed by atoms with Crippen molar-refractivity contribution in [2.75, 3.05) is 18.4 Å². The van der Waals surface area contributed by atoms with Crippen molar-refractivity contribution >= 4 is 22.5 Å². The highest BCUT2D eigenvalue weighted by Gasteiger charge is 2.25. The average molecular weight is 313 g/mol. The Bertz CT molecular complexity index is 786. The highest BCUT2D eigenvalue weighted by Crippen LogP contribution is 2.24. The Labute approximate surface area is 135 Å². The summed E-state index contributed by atoms with van der Waals surface area (Å²) in [5.41, 5.74) is 0.623. The lowest BCUT2D eigenvalue weighted by Crippen LogP contribution is -2.44. The second kappa shape index (κ2) is 6.07. The van der Waals surface area contributed by atoms with Crippen LogP contribution in [0.2, 0.25) is 0 Å². The molecule has 1 aromatic heterocycles. The Hall–Kier alpha value is -2.30. The smallest absolute Gasteiger partial charge is 0.321 e. The fourth-order valence-electron chi connectivity index (χ4n) is 3.54. The van der Waals surface area contributed by atoms with Crippen LogP contribution in [0.5, 0.6) is 0 Å². The molecule has 2 atom stereocenters. The summed E-state index contributed by atoms with van der Waals surface area (Å²) >= 11 is 0. The number of anilines is 1. The van der Waals surface area contributed by atoms with Gasteiger partial charge in [0.25, 0.3) is 5.56 Å². The molecule has 0 spiro atoms. The van der Waals surface area contributed by atoms with E-state index in [1.165, 1.54) is 4.57 Å². The van der Waals surface area contributed by atoms with Crippen LogP contribution in [0.15, 0.2) is 35.3 Å². The minimum atomic E-state index is -0.0906. The van der Waals surface area contributed by atoms with Gasteiger partial charge in [-0.2, -0.15) is 0 Å². The molecule has 0 aliphatic carbocycles. The van der Waals surface area contributed by atoms with Crippen molar-refractivity contribution in [1.29, 1.82) is 0 Å². The van der Waals surface area contributed by atoms with Crippen molar-refractivity contribution in [2.24, 2.45) is 18.9 Å². The van der Waals surface area contributed by atoms with E-state index in [-0.39, 0.29) is 11.6 Å². The summed E-state index contributed by atoms with van der Waals surface area (Å²) in [6.45, 7) is 5.91. The molecule has 0 unspecified atom stereocenters. The van der Waals surface area contributed by atoms with Gasteiger partial charge < -0.3 is 14.8 Å². The standard InChI is InChI=1S/C18H23N3O2/c1-12-8-13(2)10-21(9-12)18(23)19-16-11-20(3)17(22)15-7-5-4-6-14(15)16/h4-7,11-13H,8-10H2,1-3H3,(H,19,23)/t12-,13+. The molecule has 122 valence electrons. The van der Waals surface area contributed by atoms with Gasteiger partial charge in [-0.3, -0.25) is 4.79 Å². The predicted octanol–water partition coefficient (Wildman–Crippen LogP) is 3.05. The van der Waals surface area contributed by atoms with E-state index in [2.05, 4.69) is 19.2 Å². The number of nitrogens with one attached hydrogen (secondary N) is 1. The van der Waals surface area contributed by atoms with E-state index in [4.69, 9.17) is 0 Å². The van der Waals surface area contributed by atoms with Crippen molar-refractivity contribution in [3.8, 4) is 0 Å². The van der Waals surface area contributed by atoms with E-state index in [0.29, 0.717) is 22.9 Å². The summed E-state index contributed by atoms with van der Waals surface area (Å²) in [5.74, 6) is 1.03. The first kappa shape index (κ1) is 15.6. The molecule has 5 nitrogen and oxygen atoms in total. The average Bonchev–Trinajstić information content (AvgIpc) is 2.51. The van der Waals surface area contributed by atoms with Crippen LogP contribution >= 0.6 is 0 Å². The number of aromatic nitrogens is 1. The van der Waals surface area contributed by atoms with Crippen molar-refractivity contribution < 1.29 is 4.79 Å². The zero-order chi connectivity index (χ0) is 16.6. The third-order valence-corrected chi connectivity index (χ3v) is 4.49. The maximum Gasteiger partial charge on any atom is 0.321 e. The molecule has 1 aliphatic heterocycles. The highest BCUT2D eigenvalue weighted by atomic mass is 16.2. The Morgan fingerprint density at radius 2 is 1.74 bits per heavy atom. The SMILES string of the molecule is C[C@@H]1C[C@H](C)CN(C(=O)Nc2cn(C)c(=O)c3ccccc23)C1. The number of amides is 2. The maximum absolute atomic E-state index is 12.6. The number of fused-ring (bicyclic) bond motifs is 1. The van der Waals surface area contributed by atoms with Crippen LogP contribution in [0.4, 0.5) is 10.5 Å². The second-order valence-corrected chi connectivity index (χ2v) is 6.79. The quantitative estimate of drug-likeness (QED) is 0.880. The number of benzene rings is 1. The third kappa shape index (κ3) is 3.09. The molecule has 1 saturated heterocycles. The van der Waals surface area contributed by atoms with Crippen LogP contribution in [0, 0.1) is 11.8 Å². The Morgan fingerprint density at radius 3 is 2.39 bits per heavy atom. The number of rotatable bonds is 1. The van der Waals surface area contributed by atoms with Crippen molar-refractivity contribution in [3.63, 3.8) is 0 Å². The number of urea groups is 1. The van der Waals surface area contributed by atoms with Gasteiger partial charge in [-0.15, -0.1) is 0 Å². The van der Waals surface area contributed by atoms with Gasteiger partial charge in [-0.05, 0) is 24.3 Å². The van der Waals surface area contributed by atoms with E-state index in [1.807, 2.05) is 23.1 Å². The molecule has 23 heavy (non-hydrogen) atoms. The molecule has 1 N–H and O–H groups in total. The van der Waals surface area contributed by atoms with Gasteiger partial charge in [-0.25, -0.2) is 4.79 Å². The van der Waals surface area contributed by atoms with E-state index in [9.17, 15) is 9.59 Å². The van der Waals surface area contributed by atoms with Crippen LogP contribution in [-0.4, -0.2) is 28.6 Å². The molecular weight excluding hydrogens is 290 g/mol. The molecule has 3 rings (SSSR count). The number of hydrogen-bond acceptors (Lipinski definition) is 2. The minimum Gasteiger partial charge on any atom is -0.324 e. The summed E-state index contributed by atoms with van der Waals surface area (Å²) in [6.07, 6.45) is 2.85. The molecule has 1 aliphatic rings. The fourth-order valence-corrected chi connectivity index (χ4v) is 3.54. The number of carbonyl (C=O) groups is 1. The molecule has 0 radical (unpaired) electrons. The van der Waals surface area contributed by atoms with Crippen LogP contribution in [-0.2, 0) is 7.05 Å². The number of pyridine rings is 1. The van der Waals surface area contributed by atoms with E-state index in [1.54, 1.807) is 19.3 Å². The monoisotopic (exact) mass is 313 g/mol. The van der Waals surface area contributed by atoms with Gasteiger partial charge in [0, 0.05) is 37.1 Å². The molecule has 2 amide bonds. The van der Waals surface area contributed by atoms with Crippen molar-refractivity contribution in [1.82, 2.24) is 9.47 Å². The summed E-state index contributed by atoms with van der Waals surface area (Å²) in [4.78, 5) is 26.7. The number of nitrogens with zero attached hydrogens (tertiary/aromatic N) is 2. The van der Waals surface area contributed by atoms with Crippen LogP contribution in [0.25, 0.3) is 10.8 Å². The van der Waals surface area contributed by atoms with Crippen LogP contribution < -0.4 is 10.9 Å². The Balaban J connectivity index is 1.91. The number of hydrogen-bond donors (Lipinski definition) is 1. The van der Waals surface area contributed by atoms with Gasteiger partial charge in [0.05, 0.1) is 5.69 Å². The second-order valence-electron chi connectivity index (χ2n) is 6.79. The lowest BCUT2D eigenvalue weighted by molar-refractivity contribution is 0.156. The number of likely N-dealkylation sites (tertiary alicyclic amines) is 1. The zero-order valence-corrected chi connectivity index (χ0v) is 13.9. The highest BCUT2D eigenvalue weighted by molar-refractivity contribution is 6.00. The van der Waals surface area contributed by atoms with Crippen LogP contribution in [0.1, 0.15) is 20.3 Å². The minimum absolute atomic E-state index is 0.0567. The Kier molecular flexibility index (Phi) is 4.11. The molecule has 5 heteroatoms. The van der Waals surface area contributed by atoms with Gasteiger partial charge in [0.1, 0.15) is 0 Å². The summed E-state index contributed by atoms with van der Waals surface area (Å²) in [7, 11) is 1.70. The van der Waals surface area contributed by atoms with E-state index >= 15 is 0 Å². The third-order valence-electron chi connectivity index (χ3n) is 4.49. The number of aryl methyl sites for hydroxylation is 1. The lowest BCUT2D eigenvalue weighted by atomic mass is 9.92. The van der Waals surface area contributed by atoms with Gasteiger partial charge in [-0.1, -0.05) is 32.0 Å². The number of carbonyl (C=O) groups excluding carboxylic acids is 1. The normalized spacial score (nSPS) is 21.4. The lowest BCUT2D eigenvalue weighted by Gasteiger charge is -2.35. The first-order chi connectivity index (χ1) is 11.0. The first-order valence-electron chi connectivity index (χ1n) is 8.10. The van der Waals surface area contributed by atoms with Crippen molar-refractivity contribution in [3.05, 3.63) is 40.8 Å². The Morgan fingerprint density at radius 1 is 1.13 bits per heavy atom. The van der Waals surface area contributed by atoms with E-state index in [0.717, 1.165) is 24.9 Å². The zero-order valence-electron chi connectivity index (χ0n) is 13.9. The van der Waals surface area contributed by atoms with Crippen LogP contribution in [0.3, 0.4) is 0 Å². The van der Waals surface area contributed by atoms with Gasteiger partial charge in [0.15, 0.2) is 0 Å². The summed E-state index contributed by atoms with van der Waals surface area (Å²) in [5, 5.41) is 4.39. The first-order valence-corrected chi connectivity index (χ1v) is 8.10. The predicted molar refractivity (Wildman–Crippen MR) is 92.7 cm³/mol. The topological polar surface area (TPSA) is 54.3 Å². The molecule has 0 bridgehead atoms. The number of piperidine rings is 1. The molecule has 1 aromatic carbocycles. The molecule has 1 fully saturated rings. The summed E-state index contributed by atoms with van der Waals surface area (Å²) in [6, 6.07) is 7.28. The van der Waals surface area contributed by atoms with Gasteiger partial charge in [0.2, 0.25) is 0 Å². The van der Waals surface area contributed by atoms with Gasteiger partial charge >= 0.3 is 6.03 Å². The molecule has 2 heterocycles. The van der Waals surface area contributed by atoms with E-state index < -0.39 is 0 Å². The fraction of sp³-hybridized carbons (Fsp3) is 0.444. The molecular formula is C18H23N3O2. The molecule has 0 saturated carbocycles. The maximum atomic E-state index is 12.6. The van der Waals surface area contributed by atoms with Crippen molar-refractivity contribution in [2.45, 2.75) is 20.3 Å². The molecule has 2 aromatic rings.